The van der Waals surface area contributed by atoms with E-state index < -0.39 is 0 Å². The molecule has 1 rings (SSSR count). The van der Waals surface area contributed by atoms with E-state index in [1.807, 2.05) is 0 Å². The van der Waals surface area contributed by atoms with E-state index in [-0.39, 0.29) is 5.54 Å². The Labute approximate surface area is 106 Å². The number of nitriles is 1. The van der Waals surface area contributed by atoms with Gasteiger partial charge in [0.25, 0.3) is 0 Å². The monoisotopic (exact) mass is 237 g/mol. The zero-order valence-corrected chi connectivity index (χ0v) is 11.6. The van der Waals surface area contributed by atoms with E-state index in [2.05, 4.69) is 37.1 Å². The van der Waals surface area contributed by atoms with Gasteiger partial charge in [-0.3, -0.25) is 5.32 Å². The molecular formula is C14H27N3. The van der Waals surface area contributed by atoms with Crippen molar-refractivity contribution in [3.05, 3.63) is 0 Å². The predicted octanol–water partition coefficient (Wildman–Crippen LogP) is 2.39. The minimum atomic E-state index is -0.236. The van der Waals surface area contributed by atoms with Gasteiger partial charge in [0.2, 0.25) is 0 Å². The van der Waals surface area contributed by atoms with Gasteiger partial charge in [0, 0.05) is 13.1 Å². The highest BCUT2D eigenvalue weighted by atomic mass is 15.1. The molecule has 17 heavy (non-hydrogen) atoms. The Morgan fingerprint density at radius 1 is 1.29 bits per heavy atom. The summed E-state index contributed by atoms with van der Waals surface area (Å²) in [6.07, 6.45) is 4.41. The van der Waals surface area contributed by atoms with Crippen LogP contribution in [0.3, 0.4) is 0 Å². The smallest absolute Gasteiger partial charge is 0.106 e. The summed E-state index contributed by atoms with van der Waals surface area (Å²) in [7, 11) is 0. The number of hydrogen-bond acceptors (Lipinski definition) is 3. The van der Waals surface area contributed by atoms with Crippen LogP contribution in [0.5, 0.6) is 0 Å². The highest BCUT2D eigenvalue weighted by Crippen LogP contribution is 2.31. The first-order chi connectivity index (χ1) is 8.15. The lowest BCUT2D eigenvalue weighted by Crippen LogP contribution is -2.49. The molecule has 0 amide bonds. The number of likely N-dealkylation sites (N-methyl/N-ethyl adjacent to an activating group) is 1. The molecular weight excluding hydrogens is 210 g/mol. The van der Waals surface area contributed by atoms with Gasteiger partial charge in [0.15, 0.2) is 0 Å². The normalized spacial score (nSPS) is 29.2. The Bertz CT molecular complexity index is 245. The van der Waals surface area contributed by atoms with Gasteiger partial charge in [-0.2, -0.15) is 5.26 Å². The molecule has 1 fully saturated rings. The largest absolute Gasteiger partial charge is 0.303 e. The van der Waals surface area contributed by atoms with Crippen LogP contribution in [0, 0.1) is 17.2 Å². The van der Waals surface area contributed by atoms with E-state index in [1.54, 1.807) is 0 Å². The Morgan fingerprint density at radius 2 is 1.88 bits per heavy atom. The fourth-order valence-corrected chi connectivity index (χ4v) is 2.58. The standard InChI is InChI=1S/C14H27N3/c1-4-17(5-2)11-10-16-14(12-15)8-6-13(3)7-9-14/h13,16H,4-11H2,1-3H3. The van der Waals surface area contributed by atoms with Gasteiger partial charge < -0.3 is 4.90 Å². The second kappa shape index (κ2) is 6.98. The topological polar surface area (TPSA) is 39.1 Å². The first-order valence-electron chi connectivity index (χ1n) is 7.04. The number of nitrogens with one attached hydrogen (secondary N) is 1. The van der Waals surface area contributed by atoms with E-state index >= 15 is 0 Å². The Kier molecular flexibility index (Phi) is 5.94. The highest BCUT2D eigenvalue weighted by molar-refractivity contribution is 5.09. The average Bonchev–Trinajstić information content (AvgIpc) is 2.37. The first-order valence-corrected chi connectivity index (χ1v) is 7.04. The van der Waals surface area contributed by atoms with Crippen LogP contribution < -0.4 is 5.32 Å². The van der Waals surface area contributed by atoms with Crippen LogP contribution in [0.15, 0.2) is 0 Å². The van der Waals surface area contributed by atoms with Gasteiger partial charge in [-0.05, 0) is 44.7 Å². The molecule has 0 unspecified atom stereocenters. The lowest BCUT2D eigenvalue weighted by molar-refractivity contribution is 0.230. The van der Waals surface area contributed by atoms with Crippen molar-refractivity contribution in [1.29, 1.82) is 5.26 Å². The third-order valence-corrected chi connectivity index (χ3v) is 4.13. The van der Waals surface area contributed by atoms with Crippen LogP contribution in [0.25, 0.3) is 0 Å². The molecule has 0 aromatic heterocycles. The van der Waals surface area contributed by atoms with Crippen LogP contribution in [0.2, 0.25) is 0 Å². The molecule has 1 aliphatic carbocycles. The summed E-state index contributed by atoms with van der Waals surface area (Å²) in [5.74, 6) is 0.793. The first kappa shape index (κ1) is 14.5. The number of nitrogens with zero attached hydrogens (tertiary/aromatic N) is 2. The maximum absolute atomic E-state index is 9.38. The Balaban J connectivity index is 2.35. The van der Waals surface area contributed by atoms with Crippen molar-refractivity contribution >= 4 is 0 Å². The molecule has 98 valence electrons. The van der Waals surface area contributed by atoms with E-state index in [9.17, 15) is 5.26 Å². The van der Waals surface area contributed by atoms with E-state index in [1.165, 1.54) is 12.8 Å². The summed E-state index contributed by atoms with van der Waals surface area (Å²) in [6, 6.07) is 2.52. The maximum Gasteiger partial charge on any atom is 0.106 e. The molecule has 0 atom stereocenters. The van der Waals surface area contributed by atoms with Crippen LogP contribution in [-0.2, 0) is 0 Å². The molecule has 0 heterocycles. The molecule has 0 aromatic rings. The molecule has 3 nitrogen and oxygen atoms in total. The summed E-state index contributed by atoms with van der Waals surface area (Å²) < 4.78 is 0. The van der Waals surface area contributed by atoms with Crippen LogP contribution >= 0.6 is 0 Å². The second-order valence-electron chi connectivity index (χ2n) is 5.33. The quantitative estimate of drug-likeness (QED) is 0.771. The molecule has 0 aromatic carbocycles. The molecule has 3 heteroatoms. The van der Waals surface area contributed by atoms with Crippen LogP contribution in [0.1, 0.15) is 46.5 Å². The SMILES string of the molecule is CCN(CC)CCNC1(C#N)CCC(C)CC1. The van der Waals surface area contributed by atoms with Crippen LogP contribution in [0.4, 0.5) is 0 Å². The third kappa shape index (κ3) is 4.29. The van der Waals surface area contributed by atoms with Gasteiger partial charge in [0.1, 0.15) is 5.54 Å². The molecule has 1 aliphatic rings. The summed E-state index contributed by atoms with van der Waals surface area (Å²) in [5, 5.41) is 12.9. The Morgan fingerprint density at radius 3 is 2.35 bits per heavy atom. The van der Waals surface area contributed by atoms with Crippen molar-refractivity contribution in [2.45, 2.75) is 52.0 Å². The minimum absolute atomic E-state index is 0.236. The molecule has 0 spiro atoms. The summed E-state index contributed by atoms with van der Waals surface area (Å²) in [4.78, 5) is 2.39. The Hall–Kier alpha value is -0.590. The van der Waals surface area contributed by atoms with Crippen molar-refractivity contribution < 1.29 is 0 Å². The lowest BCUT2D eigenvalue weighted by atomic mass is 9.78. The highest BCUT2D eigenvalue weighted by Gasteiger charge is 2.33. The van der Waals surface area contributed by atoms with Gasteiger partial charge in [-0.15, -0.1) is 0 Å². The van der Waals surface area contributed by atoms with Crippen molar-refractivity contribution in [2.24, 2.45) is 5.92 Å². The van der Waals surface area contributed by atoms with Crippen molar-refractivity contribution in [3.63, 3.8) is 0 Å². The zero-order chi connectivity index (χ0) is 12.7. The van der Waals surface area contributed by atoms with Gasteiger partial charge in [0.05, 0.1) is 6.07 Å². The predicted molar refractivity (Wildman–Crippen MR) is 71.8 cm³/mol. The molecule has 0 bridgehead atoms. The average molecular weight is 237 g/mol. The summed E-state index contributed by atoms with van der Waals surface area (Å²) in [6.45, 7) is 10.8. The van der Waals surface area contributed by atoms with Crippen molar-refractivity contribution in [2.75, 3.05) is 26.2 Å². The maximum atomic E-state index is 9.38. The summed E-state index contributed by atoms with van der Waals surface area (Å²) >= 11 is 0. The van der Waals surface area contributed by atoms with Crippen LogP contribution in [-0.4, -0.2) is 36.6 Å². The van der Waals surface area contributed by atoms with Crippen molar-refractivity contribution in [1.82, 2.24) is 10.2 Å². The van der Waals surface area contributed by atoms with Crippen molar-refractivity contribution in [3.8, 4) is 6.07 Å². The molecule has 1 N–H and O–H groups in total. The molecule has 0 radical (unpaired) electrons. The van der Waals surface area contributed by atoms with Gasteiger partial charge >= 0.3 is 0 Å². The molecule has 0 saturated heterocycles. The third-order valence-electron chi connectivity index (χ3n) is 4.13. The zero-order valence-electron chi connectivity index (χ0n) is 11.6. The van der Waals surface area contributed by atoms with E-state index in [0.29, 0.717) is 0 Å². The summed E-state index contributed by atoms with van der Waals surface area (Å²) in [5.41, 5.74) is -0.236. The van der Waals surface area contributed by atoms with E-state index in [0.717, 1.165) is 44.9 Å². The number of rotatable bonds is 6. The molecule has 0 aliphatic heterocycles. The number of hydrogen-bond donors (Lipinski definition) is 1. The van der Waals surface area contributed by atoms with Gasteiger partial charge in [-0.25, -0.2) is 0 Å². The molecule has 1 saturated carbocycles. The fourth-order valence-electron chi connectivity index (χ4n) is 2.58. The second-order valence-corrected chi connectivity index (χ2v) is 5.33. The minimum Gasteiger partial charge on any atom is -0.303 e. The fraction of sp³-hybridized carbons (Fsp3) is 0.929. The van der Waals surface area contributed by atoms with Gasteiger partial charge in [-0.1, -0.05) is 20.8 Å². The lowest BCUT2D eigenvalue weighted by Gasteiger charge is -2.35. The van der Waals surface area contributed by atoms with E-state index in [4.69, 9.17) is 0 Å².